The molecule has 0 atom stereocenters. The van der Waals surface area contributed by atoms with Gasteiger partial charge in [-0.15, -0.1) is 5.10 Å². The summed E-state index contributed by atoms with van der Waals surface area (Å²) < 4.78 is 3.34. The van der Waals surface area contributed by atoms with Gasteiger partial charge in [0.05, 0.1) is 12.2 Å². The third kappa shape index (κ3) is 3.43. The van der Waals surface area contributed by atoms with Crippen LogP contribution in [0.1, 0.15) is 42.4 Å². The predicted molar refractivity (Wildman–Crippen MR) is 109 cm³/mol. The van der Waals surface area contributed by atoms with Crippen LogP contribution < -0.4 is 10.5 Å². The monoisotopic (exact) mass is 391 g/mol. The van der Waals surface area contributed by atoms with Gasteiger partial charge in [-0.25, -0.2) is 19.3 Å². The lowest BCUT2D eigenvalue weighted by Gasteiger charge is -2.40. The Morgan fingerprint density at radius 3 is 2.59 bits per heavy atom. The predicted octanol–water partition coefficient (Wildman–Crippen LogP) is 2.24. The van der Waals surface area contributed by atoms with Crippen LogP contribution in [0.2, 0.25) is 0 Å². The molecule has 1 aliphatic heterocycles. The van der Waals surface area contributed by atoms with Gasteiger partial charge >= 0.3 is 0 Å². The van der Waals surface area contributed by atoms with Gasteiger partial charge in [-0.2, -0.15) is 5.10 Å². The first-order chi connectivity index (χ1) is 14.1. The van der Waals surface area contributed by atoms with E-state index >= 15 is 0 Å². The van der Waals surface area contributed by atoms with E-state index in [1.54, 1.807) is 21.5 Å². The molecule has 0 amide bonds. The van der Waals surface area contributed by atoms with E-state index in [4.69, 9.17) is 4.98 Å². The van der Waals surface area contributed by atoms with Crippen molar-refractivity contribution in [3.8, 4) is 5.82 Å². The van der Waals surface area contributed by atoms with E-state index in [9.17, 15) is 4.79 Å². The van der Waals surface area contributed by atoms with Gasteiger partial charge < -0.3 is 4.90 Å². The van der Waals surface area contributed by atoms with Crippen LogP contribution in [-0.4, -0.2) is 42.6 Å². The maximum absolute atomic E-state index is 12.3. The highest BCUT2D eigenvalue weighted by molar-refractivity contribution is 5.41. The van der Waals surface area contributed by atoms with Crippen LogP contribution in [0.3, 0.4) is 0 Å². The quantitative estimate of drug-likeness (QED) is 0.663. The lowest BCUT2D eigenvalue weighted by Crippen LogP contribution is -2.50. The molecule has 29 heavy (non-hydrogen) atoms. The van der Waals surface area contributed by atoms with E-state index in [0.29, 0.717) is 24.2 Å². The van der Waals surface area contributed by atoms with Crippen molar-refractivity contribution in [2.24, 2.45) is 5.92 Å². The Kier molecular flexibility index (Phi) is 4.41. The third-order valence-corrected chi connectivity index (χ3v) is 5.92. The van der Waals surface area contributed by atoms with E-state index < -0.39 is 0 Å². The fraction of sp³-hybridized carbons (Fsp3) is 0.476. The lowest BCUT2D eigenvalue weighted by molar-refractivity contribution is 0.330. The van der Waals surface area contributed by atoms with Crippen molar-refractivity contribution in [1.29, 1.82) is 0 Å². The number of nitrogens with zero attached hydrogens (tertiary/aromatic N) is 7. The molecule has 1 saturated carbocycles. The highest BCUT2D eigenvalue weighted by Gasteiger charge is 2.30. The summed E-state index contributed by atoms with van der Waals surface area (Å²) in [6, 6.07) is 7.28. The molecule has 8 nitrogen and oxygen atoms in total. The van der Waals surface area contributed by atoms with Gasteiger partial charge in [-0.05, 0) is 44.9 Å². The third-order valence-electron chi connectivity index (χ3n) is 5.92. The highest BCUT2D eigenvalue weighted by atomic mass is 16.1. The summed E-state index contributed by atoms with van der Waals surface area (Å²) in [6.45, 7) is 6.29. The Labute approximate surface area is 169 Å². The molecule has 150 valence electrons. The van der Waals surface area contributed by atoms with E-state index in [1.807, 2.05) is 32.2 Å². The lowest BCUT2D eigenvalue weighted by atomic mass is 9.85. The van der Waals surface area contributed by atoms with Gasteiger partial charge in [-0.3, -0.25) is 4.79 Å². The SMILES string of the molecule is Cc1cc(C)n(-c2ccc(=O)n(CC3CN(c4ccnc(C5CCC5)n4)C3)n2)n1. The molecule has 0 N–H and O–H groups in total. The van der Waals surface area contributed by atoms with Crippen LogP contribution in [-0.2, 0) is 6.54 Å². The molecule has 4 heterocycles. The average Bonchev–Trinajstić information content (AvgIpc) is 2.96. The van der Waals surface area contributed by atoms with Gasteiger partial charge in [0.2, 0.25) is 0 Å². The number of hydrogen-bond acceptors (Lipinski definition) is 6. The van der Waals surface area contributed by atoms with Crippen molar-refractivity contribution in [2.45, 2.75) is 45.6 Å². The van der Waals surface area contributed by atoms with Crippen LogP contribution in [0.4, 0.5) is 5.82 Å². The van der Waals surface area contributed by atoms with Crippen LogP contribution in [0, 0.1) is 19.8 Å². The summed E-state index contributed by atoms with van der Waals surface area (Å²) in [5, 5.41) is 9.02. The summed E-state index contributed by atoms with van der Waals surface area (Å²) in [5.74, 6) is 3.56. The van der Waals surface area contributed by atoms with E-state index in [1.165, 1.54) is 19.3 Å². The largest absolute Gasteiger partial charge is 0.356 e. The van der Waals surface area contributed by atoms with Crippen LogP contribution in [0.25, 0.3) is 5.82 Å². The molecule has 0 radical (unpaired) electrons. The number of aryl methyl sites for hydroxylation is 2. The van der Waals surface area contributed by atoms with Crippen molar-refractivity contribution in [2.75, 3.05) is 18.0 Å². The van der Waals surface area contributed by atoms with E-state index in [-0.39, 0.29) is 5.56 Å². The van der Waals surface area contributed by atoms with Crippen LogP contribution in [0.5, 0.6) is 0 Å². The minimum atomic E-state index is -0.0805. The number of rotatable bonds is 5. The zero-order valence-electron chi connectivity index (χ0n) is 16.8. The molecule has 8 heteroatoms. The molecule has 1 aliphatic carbocycles. The Morgan fingerprint density at radius 2 is 1.90 bits per heavy atom. The standard InChI is InChI=1S/C21H25N7O/c1-14-10-15(2)28(24-14)19-6-7-20(29)27(25-19)13-16-11-26(12-16)18-8-9-22-21(23-18)17-4-3-5-17/h6-10,16-17H,3-5,11-13H2,1-2H3. The first-order valence-corrected chi connectivity index (χ1v) is 10.3. The van der Waals surface area contributed by atoms with Crippen LogP contribution >= 0.6 is 0 Å². The van der Waals surface area contributed by atoms with Gasteiger partial charge in [0.1, 0.15) is 11.6 Å². The Morgan fingerprint density at radius 1 is 1.07 bits per heavy atom. The molecule has 3 aromatic heterocycles. The summed E-state index contributed by atoms with van der Waals surface area (Å²) in [7, 11) is 0. The fourth-order valence-electron chi connectivity index (χ4n) is 4.06. The molecule has 2 aliphatic rings. The maximum Gasteiger partial charge on any atom is 0.266 e. The van der Waals surface area contributed by atoms with Gasteiger partial charge in [0.25, 0.3) is 5.56 Å². The first kappa shape index (κ1) is 18.0. The second-order valence-corrected chi connectivity index (χ2v) is 8.22. The highest BCUT2D eigenvalue weighted by Crippen LogP contribution is 2.35. The van der Waals surface area contributed by atoms with Crippen molar-refractivity contribution in [3.63, 3.8) is 0 Å². The summed E-state index contributed by atoms with van der Waals surface area (Å²) in [5.41, 5.74) is 1.85. The molecule has 2 fully saturated rings. The zero-order valence-corrected chi connectivity index (χ0v) is 16.8. The Balaban J connectivity index is 1.27. The maximum atomic E-state index is 12.3. The summed E-state index contributed by atoms with van der Waals surface area (Å²) in [6.07, 6.45) is 5.55. The number of hydrogen-bond donors (Lipinski definition) is 0. The van der Waals surface area contributed by atoms with Crippen molar-refractivity contribution < 1.29 is 0 Å². The molecule has 0 bridgehead atoms. The van der Waals surface area contributed by atoms with Crippen LogP contribution in [0.15, 0.2) is 35.3 Å². The molecule has 1 saturated heterocycles. The number of anilines is 1. The summed E-state index contributed by atoms with van der Waals surface area (Å²) >= 11 is 0. The number of aromatic nitrogens is 6. The zero-order chi connectivity index (χ0) is 20.0. The molecule has 0 unspecified atom stereocenters. The van der Waals surface area contributed by atoms with Gasteiger partial charge in [-0.1, -0.05) is 6.42 Å². The summed E-state index contributed by atoms with van der Waals surface area (Å²) in [4.78, 5) is 23.8. The van der Waals surface area contributed by atoms with Gasteiger partial charge in [0.15, 0.2) is 5.82 Å². The minimum Gasteiger partial charge on any atom is -0.356 e. The minimum absolute atomic E-state index is 0.0805. The Hall–Kier alpha value is -3.03. The molecular formula is C21H25N7O. The van der Waals surface area contributed by atoms with E-state index in [2.05, 4.69) is 20.1 Å². The second-order valence-electron chi connectivity index (χ2n) is 8.22. The molecule has 5 rings (SSSR count). The van der Waals surface area contributed by atoms with Crippen molar-refractivity contribution in [1.82, 2.24) is 29.5 Å². The fourth-order valence-corrected chi connectivity index (χ4v) is 4.06. The molecule has 0 spiro atoms. The smallest absolute Gasteiger partial charge is 0.266 e. The Bertz CT molecular complexity index is 1090. The first-order valence-electron chi connectivity index (χ1n) is 10.3. The van der Waals surface area contributed by atoms with Crippen molar-refractivity contribution in [3.05, 3.63) is 58.0 Å². The van der Waals surface area contributed by atoms with E-state index in [0.717, 1.165) is 36.1 Å². The topological polar surface area (TPSA) is 81.7 Å². The second kappa shape index (κ2) is 7.09. The molecule has 3 aromatic rings. The van der Waals surface area contributed by atoms with Crippen molar-refractivity contribution >= 4 is 5.82 Å². The normalized spacial score (nSPS) is 17.2. The van der Waals surface area contributed by atoms with Gasteiger partial charge in [0, 0.05) is 42.9 Å². The molecule has 0 aromatic carbocycles. The molecular weight excluding hydrogens is 366 g/mol. The average molecular weight is 391 g/mol.